The molecule has 1 aliphatic rings. The smallest absolute Gasteiger partial charge is 0.274 e. The number of hydrogen-bond acceptors (Lipinski definition) is 4. The Morgan fingerprint density at radius 1 is 1.40 bits per heavy atom. The third-order valence-electron chi connectivity index (χ3n) is 1.94. The fraction of sp³-hybridized carbons (Fsp3) is 0.250. The van der Waals surface area contributed by atoms with E-state index in [1.54, 1.807) is 18.2 Å². The van der Waals surface area contributed by atoms with Crippen molar-refractivity contribution in [1.29, 1.82) is 0 Å². The Labute approximate surface area is 87.2 Å². The molecule has 1 aliphatic heterocycles. The number of nitrogens with two attached hydrogens (primary N) is 1. The summed E-state index contributed by atoms with van der Waals surface area (Å²) in [6, 6.07) is 5.25. The van der Waals surface area contributed by atoms with E-state index in [4.69, 9.17) is 14.6 Å². The lowest BCUT2D eigenvalue weighted by molar-refractivity contribution is 0.173. The van der Waals surface area contributed by atoms with Crippen molar-refractivity contribution in [3.63, 3.8) is 0 Å². The molecule has 1 aromatic carbocycles. The topological polar surface area (TPSA) is 90.7 Å². The molecular formula is C8H10N2O4S. The second kappa shape index (κ2) is 3.69. The van der Waals surface area contributed by atoms with Gasteiger partial charge in [-0.2, -0.15) is 13.1 Å². The van der Waals surface area contributed by atoms with Crippen LogP contribution in [0.4, 0.5) is 0 Å². The van der Waals surface area contributed by atoms with Crippen LogP contribution in [0.15, 0.2) is 18.2 Å². The molecule has 6 nitrogen and oxygen atoms in total. The van der Waals surface area contributed by atoms with Crippen LogP contribution in [-0.2, 0) is 16.8 Å². The third kappa shape index (κ3) is 2.38. The summed E-state index contributed by atoms with van der Waals surface area (Å²) in [5.41, 5.74) is 0.694. The number of para-hydroxylation sites is 1. The minimum Gasteiger partial charge on any atom is -0.454 e. The Hall–Kier alpha value is -1.31. The molecule has 0 fully saturated rings. The lowest BCUT2D eigenvalue weighted by Crippen LogP contribution is -2.30. The van der Waals surface area contributed by atoms with Crippen LogP contribution in [-0.4, -0.2) is 15.2 Å². The van der Waals surface area contributed by atoms with Crippen molar-refractivity contribution in [3.05, 3.63) is 23.8 Å². The number of ether oxygens (including phenoxy) is 2. The van der Waals surface area contributed by atoms with Crippen LogP contribution in [0.5, 0.6) is 11.5 Å². The van der Waals surface area contributed by atoms with Crippen LogP contribution in [0, 0.1) is 0 Å². The van der Waals surface area contributed by atoms with Crippen LogP contribution in [0.3, 0.4) is 0 Å². The van der Waals surface area contributed by atoms with Gasteiger partial charge in [-0.3, -0.25) is 0 Å². The van der Waals surface area contributed by atoms with Gasteiger partial charge in [0.25, 0.3) is 10.2 Å². The number of rotatable bonds is 3. The maximum Gasteiger partial charge on any atom is 0.274 e. The van der Waals surface area contributed by atoms with Crippen molar-refractivity contribution in [3.8, 4) is 11.5 Å². The molecular weight excluding hydrogens is 220 g/mol. The Balaban J connectivity index is 2.19. The number of benzene rings is 1. The van der Waals surface area contributed by atoms with Gasteiger partial charge in [0.05, 0.1) is 0 Å². The number of hydrogen-bond donors (Lipinski definition) is 2. The molecule has 0 atom stereocenters. The Morgan fingerprint density at radius 3 is 2.93 bits per heavy atom. The van der Waals surface area contributed by atoms with Gasteiger partial charge in [-0.15, -0.1) is 0 Å². The van der Waals surface area contributed by atoms with Crippen molar-refractivity contribution in [2.75, 3.05) is 6.79 Å². The average Bonchev–Trinajstić information content (AvgIpc) is 2.61. The second-order valence-electron chi connectivity index (χ2n) is 3.02. The minimum atomic E-state index is -3.69. The highest BCUT2D eigenvalue weighted by Crippen LogP contribution is 2.35. The van der Waals surface area contributed by atoms with Crippen LogP contribution < -0.4 is 19.3 Å². The average molecular weight is 230 g/mol. The first kappa shape index (κ1) is 10.2. The molecule has 0 bridgehead atoms. The highest BCUT2D eigenvalue weighted by atomic mass is 32.2. The summed E-state index contributed by atoms with van der Waals surface area (Å²) >= 11 is 0. The molecule has 0 radical (unpaired) electrons. The van der Waals surface area contributed by atoms with E-state index in [-0.39, 0.29) is 13.3 Å². The molecule has 15 heavy (non-hydrogen) atoms. The largest absolute Gasteiger partial charge is 0.454 e. The van der Waals surface area contributed by atoms with Gasteiger partial charge in [-0.05, 0) is 6.07 Å². The zero-order valence-corrected chi connectivity index (χ0v) is 8.58. The molecule has 0 unspecified atom stereocenters. The summed E-state index contributed by atoms with van der Waals surface area (Å²) in [4.78, 5) is 0. The van der Waals surface area contributed by atoms with Crippen molar-refractivity contribution in [1.82, 2.24) is 4.72 Å². The number of nitrogens with one attached hydrogen (secondary N) is 1. The Bertz CT molecular complexity index is 472. The first-order valence-corrected chi connectivity index (χ1v) is 5.76. The lowest BCUT2D eigenvalue weighted by Gasteiger charge is -2.05. The van der Waals surface area contributed by atoms with E-state index in [1.807, 2.05) is 0 Å². The molecule has 7 heteroatoms. The van der Waals surface area contributed by atoms with E-state index in [0.717, 1.165) is 0 Å². The molecule has 0 spiro atoms. The van der Waals surface area contributed by atoms with Crippen LogP contribution in [0.1, 0.15) is 5.56 Å². The van der Waals surface area contributed by atoms with Gasteiger partial charge < -0.3 is 9.47 Å². The molecule has 2 rings (SSSR count). The number of fused-ring (bicyclic) bond motifs is 1. The van der Waals surface area contributed by atoms with Gasteiger partial charge in [0.15, 0.2) is 11.5 Å². The van der Waals surface area contributed by atoms with Gasteiger partial charge in [0, 0.05) is 12.1 Å². The molecule has 82 valence electrons. The second-order valence-corrected chi connectivity index (χ2v) is 4.40. The molecule has 0 aromatic heterocycles. The molecule has 0 saturated carbocycles. The Kier molecular flexibility index (Phi) is 2.51. The Morgan fingerprint density at radius 2 is 2.20 bits per heavy atom. The van der Waals surface area contributed by atoms with Gasteiger partial charge >= 0.3 is 0 Å². The zero-order valence-electron chi connectivity index (χ0n) is 7.76. The van der Waals surface area contributed by atoms with Gasteiger partial charge in [-0.25, -0.2) is 5.14 Å². The molecule has 0 saturated heterocycles. The van der Waals surface area contributed by atoms with Crippen molar-refractivity contribution >= 4 is 10.2 Å². The lowest BCUT2D eigenvalue weighted by atomic mass is 10.2. The SMILES string of the molecule is NS(=O)(=O)NCc1cccc2c1OCO2. The highest BCUT2D eigenvalue weighted by molar-refractivity contribution is 7.87. The van der Waals surface area contributed by atoms with E-state index in [2.05, 4.69) is 4.72 Å². The van der Waals surface area contributed by atoms with Crippen LogP contribution in [0.2, 0.25) is 0 Å². The van der Waals surface area contributed by atoms with Gasteiger partial charge in [0.2, 0.25) is 6.79 Å². The monoisotopic (exact) mass is 230 g/mol. The maximum absolute atomic E-state index is 10.7. The van der Waals surface area contributed by atoms with Crippen molar-refractivity contribution in [2.45, 2.75) is 6.54 Å². The summed E-state index contributed by atoms with van der Waals surface area (Å²) in [5.74, 6) is 1.18. The maximum atomic E-state index is 10.7. The predicted octanol–water partition coefficient (Wildman–Crippen LogP) is -0.292. The normalized spacial score (nSPS) is 14.2. The summed E-state index contributed by atoms with van der Waals surface area (Å²) in [6.07, 6.45) is 0. The molecule has 1 heterocycles. The van der Waals surface area contributed by atoms with Gasteiger partial charge in [-0.1, -0.05) is 12.1 Å². The quantitative estimate of drug-likeness (QED) is 0.746. The molecule has 1 aromatic rings. The molecule has 0 amide bonds. The molecule has 3 N–H and O–H groups in total. The minimum absolute atomic E-state index is 0.0887. The third-order valence-corrected chi connectivity index (χ3v) is 2.49. The van der Waals surface area contributed by atoms with E-state index in [0.29, 0.717) is 17.1 Å². The van der Waals surface area contributed by atoms with Crippen molar-refractivity contribution in [2.24, 2.45) is 5.14 Å². The van der Waals surface area contributed by atoms with Crippen LogP contribution in [0.25, 0.3) is 0 Å². The summed E-state index contributed by atoms with van der Waals surface area (Å²) in [5, 5.41) is 4.82. The fourth-order valence-electron chi connectivity index (χ4n) is 1.31. The fourth-order valence-corrected chi connectivity index (χ4v) is 1.66. The summed E-state index contributed by atoms with van der Waals surface area (Å²) in [6.45, 7) is 0.243. The van der Waals surface area contributed by atoms with E-state index >= 15 is 0 Å². The molecule has 0 aliphatic carbocycles. The van der Waals surface area contributed by atoms with Crippen molar-refractivity contribution < 1.29 is 17.9 Å². The summed E-state index contributed by atoms with van der Waals surface area (Å²) in [7, 11) is -3.69. The zero-order chi connectivity index (χ0) is 10.9. The van der Waals surface area contributed by atoms with E-state index in [9.17, 15) is 8.42 Å². The first-order valence-electron chi connectivity index (χ1n) is 4.21. The van der Waals surface area contributed by atoms with Crippen LogP contribution >= 0.6 is 0 Å². The highest BCUT2D eigenvalue weighted by Gasteiger charge is 2.17. The van der Waals surface area contributed by atoms with Gasteiger partial charge in [0.1, 0.15) is 0 Å². The summed E-state index contributed by atoms with van der Waals surface area (Å²) < 4.78 is 33.9. The standard InChI is InChI=1S/C8H10N2O4S/c9-15(11,12)10-4-6-2-1-3-7-8(6)14-5-13-7/h1-3,10H,4-5H2,(H2,9,11,12). The predicted molar refractivity (Wildman–Crippen MR) is 52.5 cm³/mol. The van der Waals surface area contributed by atoms with E-state index in [1.165, 1.54) is 0 Å². The first-order chi connectivity index (χ1) is 7.06. The van der Waals surface area contributed by atoms with E-state index < -0.39 is 10.2 Å².